The lowest BCUT2D eigenvalue weighted by atomic mass is 9.90. The molecule has 4 nitrogen and oxygen atoms in total. The van der Waals surface area contributed by atoms with E-state index in [1.807, 2.05) is 0 Å². The van der Waals surface area contributed by atoms with E-state index in [1.165, 1.54) is 7.11 Å². The molecule has 0 heterocycles. The molecule has 0 aromatic heterocycles. The highest BCUT2D eigenvalue weighted by Gasteiger charge is 2.53. The van der Waals surface area contributed by atoms with Gasteiger partial charge >= 0.3 is 5.97 Å². The molecule has 0 spiro atoms. The summed E-state index contributed by atoms with van der Waals surface area (Å²) in [5.41, 5.74) is 0.351. The third-order valence-electron chi connectivity index (χ3n) is 3.18. The molecule has 16 heavy (non-hydrogen) atoms. The summed E-state index contributed by atoms with van der Waals surface area (Å²) in [6, 6.07) is 6.57. The summed E-state index contributed by atoms with van der Waals surface area (Å²) in [4.78, 5) is 11.3. The number of phenols is 1. The Labute approximate surface area is 93.5 Å². The minimum Gasteiger partial charge on any atom is -0.508 e. The van der Waals surface area contributed by atoms with Crippen molar-refractivity contribution in [1.82, 2.24) is 0 Å². The minimum atomic E-state index is -1.12. The normalized spacial score (nSPS) is 18.9. The Bertz CT molecular complexity index is 392. The van der Waals surface area contributed by atoms with E-state index in [-0.39, 0.29) is 5.75 Å². The topological polar surface area (TPSA) is 66.8 Å². The van der Waals surface area contributed by atoms with Crippen molar-refractivity contribution >= 4 is 5.97 Å². The van der Waals surface area contributed by atoms with Gasteiger partial charge in [0.15, 0.2) is 6.10 Å². The molecule has 1 unspecified atom stereocenters. The van der Waals surface area contributed by atoms with Gasteiger partial charge in [-0.1, -0.05) is 12.1 Å². The van der Waals surface area contributed by atoms with Crippen molar-refractivity contribution < 1.29 is 19.7 Å². The van der Waals surface area contributed by atoms with Crippen molar-refractivity contribution in [3.63, 3.8) is 0 Å². The van der Waals surface area contributed by atoms with E-state index in [1.54, 1.807) is 24.3 Å². The fourth-order valence-electron chi connectivity index (χ4n) is 1.99. The van der Waals surface area contributed by atoms with Crippen LogP contribution in [0.5, 0.6) is 5.75 Å². The standard InChI is InChI=1S/C12H14O4/c1-16-11(15)10(14)12(6-7-12)8-2-4-9(13)5-3-8/h2-5,10,13-14H,6-7H2,1H3. The van der Waals surface area contributed by atoms with Crippen LogP contribution in [0.3, 0.4) is 0 Å². The van der Waals surface area contributed by atoms with E-state index in [0.717, 1.165) is 18.4 Å². The number of carbonyl (C=O) groups excluding carboxylic acids is 1. The first-order valence-electron chi connectivity index (χ1n) is 5.15. The van der Waals surface area contributed by atoms with Gasteiger partial charge in [0.25, 0.3) is 0 Å². The molecule has 0 amide bonds. The molecule has 4 heteroatoms. The molecule has 0 bridgehead atoms. The molecule has 1 fully saturated rings. The summed E-state index contributed by atoms with van der Waals surface area (Å²) in [5.74, 6) is -0.433. The van der Waals surface area contributed by atoms with Crippen LogP contribution in [0.15, 0.2) is 24.3 Å². The Morgan fingerprint density at radius 2 is 1.94 bits per heavy atom. The zero-order valence-corrected chi connectivity index (χ0v) is 9.01. The van der Waals surface area contributed by atoms with Gasteiger partial charge in [0, 0.05) is 5.41 Å². The lowest BCUT2D eigenvalue weighted by Crippen LogP contribution is -2.34. The van der Waals surface area contributed by atoms with E-state index in [9.17, 15) is 15.0 Å². The van der Waals surface area contributed by atoms with Gasteiger partial charge in [-0.2, -0.15) is 0 Å². The largest absolute Gasteiger partial charge is 0.508 e. The number of hydrogen-bond donors (Lipinski definition) is 2. The predicted molar refractivity (Wildman–Crippen MR) is 57.0 cm³/mol. The molecule has 2 N–H and O–H groups in total. The highest BCUT2D eigenvalue weighted by Crippen LogP contribution is 2.51. The second kappa shape index (κ2) is 3.79. The number of methoxy groups -OCH3 is 1. The molecule has 1 aliphatic rings. The second-order valence-corrected chi connectivity index (χ2v) is 4.13. The van der Waals surface area contributed by atoms with Crippen LogP contribution in [0.4, 0.5) is 0 Å². The molecule has 1 atom stereocenters. The zero-order valence-electron chi connectivity index (χ0n) is 9.01. The number of carbonyl (C=O) groups is 1. The Morgan fingerprint density at radius 3 is 2.38 bits per heavy atom. The van der Waals surface area contributed by atoms with Gasteiger partial charge in [-0.15, -0.1) is 0 Å². The molecule has 0 saturated heterocycles. The quantitative estimate of drug-likeness (QED) is 0.747. The van der Waals surface area contributed by atoms with Gasteiger partial charge in [-0.05, 0) is 30.5 Å². The number of ether oxygens (including phenoxy) is 1. The first kappa shape index (κ1) is 11.0. The molecule has 2 rings (SSSR count). The van der Waals surface area contributed by atoms with Crippen LogP contribution >= 0.6 is 0 Å². The highest BCUT2D eigenvalue weighted by molar-refractivity contribution is 5.77. The van der Waals surface area contributed by atoms with Gasteiger partial charge in [-0.3, -0.25) is 0 Å². The zero-order chi connectivity index (χ0) is 11.8. The summed E-state index contributed by atoms with van der Waals surface area (Å²) in [7, 11) is 1.26. The molecule has 1 aliphatic carbocycles. The number of rotatable bonds is 3. The van der Waals surface area contributed by atoms with Crippen molar-refractivity contribution in [1.29, 1.82) is 0 Å². The third kappa shape index (κ3) is 1.65. The molecular weight excluding hydrogens is 208 g/mol. The predicted octanol–water partition coefficient (Wildman–Crippen LogP) is 0.958. The summed E-state index contributed by atoms with van der Waals surface area (Å²) < 4.78 is 4.55. The SMILES string of the molecule is COC(=O)C(O)C1(c2ccc(O)cc2)CC1. The fraction of sp³-hybridized carbons (Fsp3) is 0.417. The monoisotopic (exact) mass is 222 g/mol. The first-order valence-corrected chi connectivity index (χ1v) is 5.15. The van der Waals surface area contributed by atoms with Gasteiger partial charge in [0.2, 0.25) is 0 Å². The maximum absolute atomic E-state index is 11.3. The molecule has 1 aromatic rings. The Morgan fingerprint density at radius 1 is 1.38 bits per heavy atom. The van der Waals surface area contributed by atoms with Crippen LogP contribution in [0.25, 0.3) is 0 Å². The smallest absolute Gasteiger partial charge is 0.335 e. The number of hydrogen-bond acceptors (Lipinski definition) is 4. The number of esters is 1. The van der Waals surface area contributed by atoms with Crippen LogP contribution in [0, 0.1) is 0 Å². The summed E-state index contributed by atoms with van der Waals surface area (Å²) in [6.07, 6.45) is 0.393. The lowest BCUT2D eigenvalue weighted by molar-refractivity contribution is -0.152. The van der Waals surface area contributed by atoms with Crippen molar-refractivity contribution in [3.8, 4) is 5.75 Å². The molecular formula is C12H14O4. The average molecular weight is 222 g/mol. The van der Waals surface area contributed by atoms with Gasteiger partial charge < -0.3 is 14.9 Å². The minimum absolute atomic E-state index is 0.173. The van der Waals surface area contributed by atoms with E-state index in [2.05, 4.69) is 4.74 Å². The maximum Gasteiger partial charge on any atom is 0.335 e. The Balaban J connectivity index is 2.26. The average Bonchev–Trinajstić information content (AvgIpc) is 3.09. The molecule has 1 saturated carbocycles. The van der Waals surface area contributed by atoms with E-state index in [4.69, 9.17) is 0 Å². The van der Waals surface area contributed by atoms with Crippen LogP contribution in [0.2, 0.25) is 0 Å². The number of phenolic OH excluding ortho intramolecular Hbond substituents is 1. The van der Waals surface area contributed by atoms with E-state index < -0.39 is 17.5 Å². The lowest BCUT2D eigenvalue weighted by Gasteiger charge is -2.20. The maximum atomic E-state index is 11.3. The summed E-state index contributed by atoms with van der Waals surface area (Å²) >= 11 is 0. The van der Waals surface area contributed by atoms with Crippen molar-refractivity contribution in [2.75, 3.05) is 7.11 Å². The first-order chi connectivity index (χ1) is 7.60. The van der Waals surface area contributed by atoms with E-state index in [0.29, 0.717) is 0 Å². The van der Waals surface area contributed by atoms with Crippen LogP contribution in [-0.2, 0) is 14.9 Å². The van der Waals surface area contributed by atoms with Crippen LogP contribution < -0.4 is 0 Å². The number of aliphatic hydroxyl groups is 1. The summed E-state index contributed by atoms with van der Waals surface area (Å²) in [6.45, 7) is 0. The Kier molecular flexibility index (Phi) is 2.59. The van der Waals surface area contributed by atoms with Crippen LogP contribution in [0.1, 0.15) is 18.4 Å². The summed E-state index contributed by atoms with van der Waals surface area (Å²) in [5, 5.41) is 19.1. The third-order valence-corrected chi connectivity index (χ3v) is 3.18. The number of benzene rings is 1. The van der Waals surface area contributed by atoms with Crippen molar-refractivity contribution in [3.05, 3.63) is 29.8 Å². The molecule has 0 aliphatic heterocycles. The fourth-order valence-corrected chi connectivity index (χ4v) is 1.99. The second-order valence-electron chi connectivity index (χ2n) is 4.13. The molecule has 1 aromatic carbocycles. The van der Waals surface area contributed by atoms with Gasteiger partial charge in [-0.25, -0.2) is 4.79 Å². The highest BCUT2D eigenvalue weighted by atomic mass is 16.5. The van der Waals surface area contributed by atoms with E-state index >= 15 is 0 Å². The molecule has 0 radical (unpaired) electrons. The Hall–Kier alpha value is -1.55. The van der Waals surface area contributed by atoms with Crippen molar-refractivity contribution in [2.24, 2.45) is 0 Å². The van der Waals surface area contributed by atoms with Gasteiger partial charge in [0.1, 0.15) is 5.75 Å². The molecule has 86 valence electrons. The van der Waals surface area contributed by atoms with Crippen LogP contribution in [-0.4, -0.2) is 29.4 Å². The number of aliphatic hydroxyl groups excluding tert-OH is 1. The van der Waals surface area contributed by atoms with Crippen molar-refractivity contribution in [2.45, 2.75) is 24.4 Å². The van der Waals surface area contributed by atoms with Gasteiger partial charge in [0.05, 0.1) is 7.11 Å². The number of aromatic hydroxyl groups is 1.